The van der Waals surface area contributed by atoms with Crippen LogP contribution >= 0.6 is 22.9 Å². The van der Waals surface area contributed by atoms with Crippen LogP contribution in [-0.4, -0.2) is 27.9 Å². The predicted octanol–water partition coefficient (Wildman–Crippen LogP) is 3.25. The Balaban J connectivity index is 1.61. The van der Waals surface area contributed by atoms with E-state index in [1.54, 1.807) is 18.2 Å². The third kappa shape index (κ3) is 3.48. The van der Waals surface area contributed by atoms with Gasteiger partial charge in [0.15, 0.2) is 0 Å². The Bertz CT molecular complexity index is 598. The highest BCUT2D eigenvalue weighted by Gasteiger charge is 2.19. The van der Waals surface area contributed by atoms with Gasteiger partial charge in [0.1, 0.15) is 15.8 Å². The van der Waals surface area contributed by atoms with E-state index in [4.69, 9.17) is 11.6 Å². The predicted molar refractivity (Wildman–Crippen MR) is 81.4 cm³/mol. The summed E-state index contributed by atoms with van der Waals surface area (Å²) in [6.07, 6.45) is 4.63. The summed E-state index contributed by atoms with van der Waals surface area (Å²) in [6, 6.07) is 5.62. The molecular formula is C14H16ClN3OS. The van der Waals surface area contributed by atoms with Crippen molar-refractivity contribution in [2.45, 2.75) is 31.7 Å². The molecule has 20 heavy (non-hydrogen) atoms. The van der Waals surface area contributed by atoms with Crippen molar-refractivity contribution in [3.8, 4) is 16.3 Å². The number of phenolic OH excluding ortho intramolecular Hbond substituents is 1. The second kappa shape index (κ2) is 6.08. The number of aromatic nitrogens is 2. The molecule has 0 unspecified atom stereocenters. The topological polar surface area (TPSA) is 58.0 Å². The van der Waals surface area contributed by atoms with Crippen LogP contribution in [0.4, 0.5) is 0 Å². The zero-order chi connectivity index (χ0) is 13.9. The number of nitrogens with one attached hydrogen (secondary N) is 1. The molecule has 1 saturated carbocycles. The van der Waals surface area contributed by atoms with E-state index in [0.717, 1.165) is 41.0 Å². The van der Waals surface area contributed by atoms with Crippen LogP contribution in [0.2, 0.25) is 5.02 Å². The average molecular weight is 310 g/mol. The molecule has 0 saturated heterocycles. The van der Waals surface area contributed by atoms with Gasteiger partial charge in [-0.3, -0.25) is 0 Å². The van der Waals surface area contributed by atoms with Gasteiger partial charge in [0, 0.05) is 18.0 Å². The fourth-order valence-corrected chi connectivity index (χ4v) is 3.15. The molecular weight excluding hydrogens is 294 g/mol. The molecule has 2 aromatic rings. The molecule has 1 aromatic carbocycles. The number of aromatic hydroxyl groups is 1. The van der Waals surface area contributed by atoms with E-state index in [0.29, 0.717) is 5.02 Å². The molecule has 0 atom stereocenters. The monoisotopic (exact) mass is 309 g/mol. The number of hydrogen-bond acceptors (Lipinski definition) is 5. The van der Waals surface area contributed by atoms with Gasteiger partial charge >= 0.3 is 0 Å². The van der Waals surface area contributed by atoms with E-state index in [1.165, 1.54) is 24.2 Å². The summed E-state index contributed by atoms with van der Waals surface area (Å²) < 4.78 is 0. The van der Waals surface area contributed by atoms with Gasteiger partial charge in [-0.2, -0.15) is 0 Å². The smallest absolute Gasteiger partial charge is 0.149 e. The minimum Gasteiger partial charge on any atom is -0.508 e. The quantitative estimate of drug-likeness (QED) is 0.804. The molecule has 3 rings (SSSR count). The lowest BCUT2D eigenvalue weighted by Crippen LogP contribution is -2.17. The number of aryl methyl sites for hydroxylation is 1. The molecule has 0 bridgehead atoms. The van der Waals surface area contributed by atoms with Gasteiger partial charge < -0.3 is 10.4 Å². The number of phenols is 1. The number of rotatable bonds is 6. The zero-order valence-electron chi connectivity index (χ0n) is 11.0. The van der Waals surface area contributed by atoms with Crippen molar-refractivity contribution in [3.05, 3.63) is 28.2 Å². The Morgan fingerprint density at radius 2 is 2.20 bits per heavy atom. The zero-order valence-corrected chi connectivity index (χ0v) is 12.5. The van der Waals surface area contributed by atoms with Gasteiger partial charge in [-0.25, -0.2) is 0 Å². The first-order chi connectivity index (χ1) is 9.72. The summed E-state index contributed by atoms with van der Waals surface area (Å²) >= 11 is 7.66. The lowest BCUT2D eigenvalue weighted by atomic mass is 10.2. The number of hydrogen-bond donors (Lipinski definition) is 2. The first kappa shape index (κ1) is 13.8. The molecule has 1 heterocycles. The molecule has 0 aliphatic heterocycles. The van der Waals surface area contributed by atoms with Crippen molar-refractivity contribution >= 4 is 22.9 Å². The van der Waals surface area contributed by atoms with E-state index in [9.17, 15) is 5.11 Å². The van der Waals surface area contributed by atoms with Crippen LogP contribution in [0.15, 0.2) is 18.2 Å². The van der Waals surface area contributed by atoms with Gasteiger partial charge in [0.2, 0.25) is 0 Å². The third-order valence-electron chi connectivity index (χ3n) is 3.22. The standard InChI is InChI=1S/C14H16ClN3OS/c15-12-6-5-10(19)8-11(12)14-18-17-13(20-14)2-1-7-16-9-3-4-9/h5-6,8-9,16,19H,1-4,7H2. The lowest BCUT2D eigenvalue weighted by Gasteiger charge is -2.00. The molecule has 6 heteroatoms. The molecule has 1 aromatic heterocycles. The van der Waals surface area contributed by atoms with E-state index in [2.05, 4.69) is 15.5 Å². The van der Waals surface area contributed by atoms with Gasteiger partial charge in [-0.05, 0) is 44.0 Å². The number of nitrogens with zero attached hydrogens (tertiary/aromatic N) is 2. The van der Waals surface area contributed by atoms with Crippen molar-refractivity contribution < 1.29 is 5.11 Å². The minimum atomic E-state index is 0.190. The van der Waals surface area contributed by atoms with Crippen LogP contribution in [0.25, 0.3) is 10.6 Å². The van der Waals surface area contributed by atoms with Crippen molar-refractivity contribution in [2.24, 2.45) is 0 Å². The SMILES string of the molecule is Oc1ccc(Cl)c(-c2nnc(CCCNC3CC3)s2)c1. The van der Waals surface area contributed by atoms with Gasteiger partial charge in [0.05, 0.1) is 5.02 Å². The normalized spacial score (nSPS) is 14.7. The Kier molecular flexibility index (Phi) is 4.19. The maximum Gasteiger partial charge on any atom is 0.149 e. The number of halogens is 1. The summed E-state index contributed by atoms with van der Waals surface area (Å²) in [5.41, 5.74) is 0.742. The molecule has 1 fully saturated rings. The van der Waals surface area contributed by atoms with Crippen LogP contribution in [-0.2, 0) is 6.42 Å². The van der Waals surface area contributed by atoms with Crippen LogP contribution < -0.4 is 5.32 Å². The first-order valence-electron chi connectivity index (χ1n) is 6.77. The molecule has 2 N–H and O–H groups in total. The fourth-order valence-electron chi connectivity index (χ4n) is 1.97. The highest BCUT2D eigenvalue weighted by molar-refractivity contribution is 7.14. The summed E-state index contributed by atoms with van der Waals surface area (Å²) in [5.74, 6) is 0.190. The van der Waals surface area contributed by atoms with Crippen molar-refractivity contribution in [3.63, 3.8) is 0 Å². The van der Waals surface area contributed by atoms with E-state index >= 15 is 0 Å². The molecule has 1 aliphatic carbocycles. The van der Waals surface area contributed by atoms with E-state index in [1.807, 2.05) is 0 Å². The van der Waals surface area contributed by atoms with E-state index in [-0.39, 0.29) is 5.75 Å². The second-order valence-electron chi connectivity index (χ2n) is 5.00. The van der Waals surface area contributed by atoms with Crippen molar-refractivity contribution in [2.75, 3.05) is 6.54 Å². The summed E-state index contributed by atoms with van der Waals surface area (Å²) in [7, 11) is 0. The van der Waals surface area contributed by atoms with Crippen LogP contribution in [0, 0.1) is 0 Å². The lowest BCUT2D eigenvalue weighted by molar-refractivity contribution is 0.475. The van der Waals surface area contributed by atoms with Gasteiger partial charge in [0.25, 0.3) is 0 Å². The Labute approximate surface area is 126 Å². The molecule has 0 spiro atoms. The third-order valence-corrected chi connectivity index (χ3v) is 4.57. The van der Waals surface area contributed by atoms with Crippen molar-refractivity contribution in [1.82, 2.24) is 15.5 Å². The van der Waals surface area contributed by atoms with Crippen LogP contribution in [0.3, 0.4) is 0 Å². The van der Waals surface area contributed by atoms with Gasteiger partial charge in [-0.1, -0.05) is 22.9 Å². The Hall–Kier alpha value is -1.17. The molecule has 0 amide bonds. The molecule has 106 valence electrons. The fraction of sp³-hybridized carbons (Fsp3) is 0.429. The summed E-state index contributed by atoms with van der Waals surface area (Å²) in [4.78, 5) is 0. The molecule has 1 aliphatic rings. The highest BCUT2D eigenvalue weighted by Crippen LogP contribution is 2.33. The molecule has 4 nitrogen and oxygen atoms in total. The minimum absolute atomic E-state index is 0.190. The summed E-state index contributed by atoms with van der Waals surface area (Å²) in [5, 5.41) is 23.7. The second-order valence-corrected chi connectivity index (χ2v) is 6.47. The number of benzene rings is 1. The van der Waals surface area contributed by atoms with Crippen LogP contribution in [0.5, 0.6) is 5.75 Å². The summed E-state index contributed by atoms with van der Waals surface area (Å²) in [6.45, 7) is 1.03. The van der Waals surface area contributed by atoms with Gasteiger partial charge in [-0.15, -0.1) is 10.2 Å². The first-order valence-corrected chi connectivity index (χ1v) is 7.96. The highest BCUT2D eigenvalue weighted by atomic mass is 35.5. The largest absolute Gasteiger partial charge is 0.508 e. The van der Waals surface area contributed by atoms with Crippen LogP contribution in [0.1, 0.15) is 24.3 Å². The maximum atomic E-state index is 9.53. The maximum absolute atomic E-state index is 9.53. The molecule has 0 radical (unpaired) electrons. The van der Waals surface area contributed by atoms with Crippen molar-refractivity contribution in [1.29, 1.82) is 0 Å². The van der Waals surface area contributed by atoms with E-state index < -0.39 is 0 Å². The Morgan fingerprint density at radius 1 is 1.35 bits per heavy atom. The Morgan fingerprint density at radius 3 is 3.00 bits per heavy atom. The average Bonchev–Trinajstić information content (AvgIpc) is 3.15.